The predicted octanol–water partition coefficient (Wildman–Crippen LogP) is 1.15. The minimum atomic E-state index is -3.31. The van der Waals surface area contributed by atoms with Crippen LogP contribution < -0.4 is 4.74 Å². The first-order chi connectivity index (χ1) is 11.3. The van der Waals surface area contributed by atoms with E-state index in [1.54, 1.807) is 19.1 Å². The average Bonchev–Trinajstić information content (AvgIpc) is 2.54. The zero-order valence-electron chi connectivity index (χ0n) is 14.4. The molecule has 0 aliphatic carbocycles. The molecule has 1 aromatic rings. The third-order valence-corrected chi connectivity index (χ3v) is 5.13. The zero-order valence-corrected chi connectivity index (χ0v) is 15.2. The van der Waals surface area contributed by atoms with Crippen molar-refractivity contribution in [1.29, 1.82) is 0 Å². The number of likely N-dealkylation sites (tertiary alicyclic amines) is 1. The number of nitrogens with zero attached hydrogens (tertiary/aromatic N) is 1. The Labute approximate surface area is 143 Å². The summed E-state index contributed by atoms with van der Waals surface area (Å²) in [5.74, 6) is 0.183. The van der Waals surface area contributed by atoms with Crippen molar-refractivity contribution < 1.29 is 22.7 Å². The topological polar surface area (TPSA) is 72.9 Å². The molecule has 0 aromatic heterocycles. The standard InChI is InChI=1S/C17H25NO5S/c1-22-15-6-4-13(5-7-15)10-14-11-18(9-8-16(14)23-2)17(19)12-24(3,20)21/h4-7,14,16H,8-12H2,1-3H3/t14-,16+/m0/s1. The summed E-state index contributed by atoms with van der Waals surface area (Å²) in [6.07, 6.45) is 2.63. The number of amides is 1. The van der Waals surface area contributed by atoms with Crippen molar-refractivity contribution in [3.05, 3.63) is 29.8 Å². The SMILES string of the molecule is COc1ccc(C[C@H]2CN(C(=O)CS(C)(=O)=O)CC[C@H]2OC)cc1. The Morgan fingerprint density at radius 3 is 2.46 bits per heavy atom. The lowest BCUT2D eigenvalue weighted by atomic mass is 9.88. The summed E-state index contributed by atoms with van der Waals surface area (Å²) >= 11 is 0. The lowest BCUT2D eigenvalue weighted by Gasteiger charge is -2.38. The quantitative estimate of drug-likeness (QED) is 0.765. The third-order valence-electron chi connectivity index (χ3n) is 4.36. The number of carbonyl (C=O) groups excluding carboxylic acids is 1. The van der Waals surface area contributed by atoms with E-state index >= 15 is 0 Å². The van der Waals surface area contributed by atoms with Gasteiger partial charge < -0.3 is 14.4 Å². The first kappa shape index (κ1) is 18.7. The Hall–Kier alpha value is -1.60. The van der Waals surface area contributed by atoms with E-state index in [1.807, 2.05) is 24.3 Å². The van der Waals surface area contributed by atoms with Crippen LogP contribution in [0, 0.1) is 5.92 Å². The van der Waals surface area contributed by atoms with E-state index in [0.717, 1.165) is 24.0 Å². The van der Waals surface area contributed by atoms with E-state index < -0.39 is 15.6 Å². The highest BCUT2D eigenvalue weighted by Crippen LogP contribution is 2.25. The van der Waals surface area contributed by atoms with E-state index in [2.05, 4.69) is 0 Å². The summed E-state index contributed by atoms with van der Waals surface area (Å²) in [7, 11) is -0.00461. The number of piperidine rings is 1. The maximum Gasteiger partial charge on any atom is 0.237 e. The molecule has 24 heavy (non-hydrogen) atoms. The number of hydrogen-bond donors (Lipinski definition) is 0. The van der Waals surface area contributed by atoms with Gasteiger partial charge in [-0.05, 0) is 30.5 Å². The van der Waals surface area contributed by atoms with Crippen LogP contribution in [0.5, 0.6) is 5.75 Å². The summed E-state index contributed by atoms with van der Waals surface area (Å²) in [5, 5.41) is 0. The molecule has 1 aromatic carbocycles. The maximum absolute atomic E-state index is 12.2. The largest absolute Gasteiger partial charge is 0.497 e. The fraction of sp³-hybridized carbons (Fsp3) is 0.588. The van der Waals surface area contributed by atoms with Crippen LogP contribution in [-0.4, -0.2) is 64.6 Å². The van der Waals surface area contributed by atoms with Gasteiger partial charge in [0.25, 0.3) is 0 Å². The van der Waals surface area contributed by atoms with E-state index in [9.17, 15) is 13.2 Å². The minimum Gasteiger partial charge on any atom is -0.497 e. The molecule has 0 saturated carbocycles. The average molecular weight is 355 g/mol. The zero-order chi connectivity index (χ0) is 17.7. The number of benzene rings is 1. The van der Waals surface area contributed by atoms with Gasteiger partial charge in [-0.15, -0.1) is 0 Å². The van der Waals surface area contributed by atoms with Crippen LogP contribution in [-0.2, 0) is 25.8 Å². The molecule has 1 fully saturated rings. The fourth-order valence-electron chi connectivity index (χ4n) is 3.12. The number of carbonyl (C=O) groups is 1. The summed E-state index contributed by atoms with van der Waals surface area (Å²) in [6, 6.07) is 7.82. The Morgan fingerprint density at radius 2 is 1.92 bits per heavy atom. The van der Waals surface area contributed by atoms with Gasteiger partial charge in [-0.1, -0.05) is 12.1 Å². The number of ether oxygens (including phenoxy) is 2. The van der Waals surface area contributed by atoms with E-state index in [-0.39, 0.29) is 17.9 Å². The van der Waals surface area contributed by atoms with Crippen LogP contribution >= 0.6 is 0 Å². The van der Waals surface area contributed by atoms with Gasteiger partial charge in [0.15, 0.2) is 9.84 Å². The smallest absolute Gasteiger partial charge is 0.237 e. The van der Waals surface area contributed by atoms with Crippen molar-refractivity contribution in [2.24, 2.45) is 5.92 Å². The van der Waals surface area contributed by atoms with Crippen molar-refractivity contribution in [3.8, 4) is 5.75 Å². The lowest BCUT2D eigenvalue weighted by molar-refractivity contribution is -0.132. The van der Waals surface area contributed by atoms with Crippen molar-refractivity contribution in [2.75, 3.05) is 39.3 Å². The monoisotopic (exact) mass is 355 g/mol. The van der Waals surface area contributed by atoms with Crippen LogP contribution in [0.25, 0.3) is 0 Å². The van der Waals surface area contributed by atoms with Gasteiger partial charge in [-0.2, -0.15) is 0 Å². The van der Waals surface area contributed by atoms with Crippen molar-refractivity contribution in [2.45, 2.75) is 18.9 Å². The molecular formula is C17H25NO5S. The third kappa shape index (κ3) is 5.21. The number of rotatable bonds is 6. The van der Waals surface area contributed by atoms with Crippen LogP contribution in [0.4, 0.5) is 0 Å². The van der Waals surface area contributed by atoms with E-state index in [0.29, 0.717) is 19.5 Å². The summed E-state index contributed by atoms with van der Waals surface area (Å²) in [6.45, 7) is 1.05. The van der Waals surface area contributed by atoms with E-state index in [4.69, 9.17) is 9.47 Å². The molecule has 134 valence electrons. The van der Waals surface area contributed by atoms with E-state index in [1.165, 1.54) is 0 Å². The first-order valence-corrected chi connectivity index (χ1v) is 9.99. The molecule has 6 nitrogen and oxygen atoms in total. The van der Waals surface area contributed by atoms with Crippen LogP contribution in [0.15, 0.2) is 24.3 Å². The maximum atomic E-state index is 12.2. The highest BCUT2D eigenvalue weighted by Gasteiger charge is 2.32. The van der Waals surface area contributed by atoms with Gasteiger partial charge in [0.2, 0.25) is 5.91 Å². The molecule has 1 amide bonds. The summed E-state index contributed by atoms with van der Waals surface area (Å²) in [4.78, 5) is 13.8. The van der Waals surface area contributed by atoms with Crippen molar-refractivity contribution >= 4 is 15.7 Å². The van der Waals surface area contributed by atoms with Crippen LogP contribution in [0.2, 0.25) is 0 Å². The molecule has 7 heteroatoms. The number of methoxy groups -OCH3 is 2. The van der Waals surface area contributed by atoms with Crippen LogP contribution in [0.1, 0.15) is 12.0 Å². The Morgan fingerprint density at radius 1 is 1.25 bits per heavy atom. The Kier molecular flexibility index (Phi) is 6.23. The van der Waals surface area contributed by atoms with Crippen molar-refractivity contribution in [1.82, 2.24) is 4.90 Å². The molecule has 1 aliphatic heterocycles. The lowest BCUT2D eigenvalue weighted by Crippen LogP contribution is -2.48. The first-order valence-electron chi connectivity index (χ1n) is 7.93. The van der Waals surface area contributed by atoms with Gasteiger partial charge in [-0.25, -0.2) is 8.42 Å². The Bertz CT molecular complexity index is 656. The highest BCUT2D eigenvalue weighted by molar-refractivity contribution is 7.91. The van der Waals surface area contributed by atoms with Gasteiger partial charge in [0, 0.05) is 32.4 Å². The second-order valence-corrected chi connectivity index (χ2v) is 8.43. The van der Waals surface area contributed by atoms with Crippen molar-refractivity contribution in [3.63, 3.8) is 0 Å². The predicted molar refractivity (Wildman–Crippen MR) is 91.9 cm³/mol. The molecule has 2 atom stereocenters. The molecule has 1 aliphatic rings. The van der Waals surface area contributed by atoms with Gasteiger partial charge in [0.1, 0.15) is 11.5 Å². The van der Waals surface area contributed by atoms with Gasteiger partial charge in [-0.3, -0.25) is 4.79 Å². The normalized spacial score (nSPS) is 21.5. The molecule has 0 bridgehead atoms. The van der Waals surface area contributed by atoms with Gasteiger partial charge in [0.05, 0.1) is 13.2 Å². The highest BCUT2D eigenvalue weighted by atomic mass is 32.2. The molecule has 0 N–H and O–H groups in total. The number of hydrogen-bond acceptors (Lipinski definition) is 5. The second-order valence-electron chi connectivity index (χ2n) is 6.28. The summed E-state index contributed by atoms with van der Waals surface area (Å²) < 4.78 is 33.4. The number of sulfone groups is 1. The molecule has 0 radical (unpaired) electrons. The molecule has 1 heterocycles. The Balaban J connectivity index is 2.05. The molecular weight excluding hydrogens is 330 g/mol. The molecule has 2 rings (SSSR count). The molecule has 0 unspecified atom stereocenters. The molecule has 0 spiro atoms. The van der Waals surface area contributed by atoms with Gasteiger partial charge >= 0.3 is 0 Å². The van der Waals surface area contributed by atoms with Crippen LogP contribution in [0.3, 0.4) is 0 Å². The summed E-state index contributed by atoms with van der Waals surface area (Å²) in [5.41, 5.74) is 1.14. The molecule has 1 saturated heterocycles. The minimum absolute atomic E-state index is 0.0642. The fourth-order valence-corrected chi connectivity index (χ4v) is 3.75. The second kappa shape index (κ2) is 7.98.